The Balaban J connectivity index is 1.65. The summed E-state index contributed by atoms with van der Waals surface area (Å²) in [6, 6.07) is 2.39. The van der Waals surface area contributed by atoms with Crippen molar-refractivity contribution in [2.45, 2.75) is 6.42 Å². The molecule has 0 saturated carbocycles. The Morgan fingerprint density at radius 1 is 1.34 bits per heavy atom. The highest BCUT2D eigenvalue weighted by molar-refractivity contribution is 7.89. The molecule has 1 aliphatic heterocycles. The summed E-state index contributed by atoms with van der Waals surface area (Å²) in [4.78, 5) is 33.6. The zero-order valence-corrected chi connectivity index (χ0v) is 19.4. The molecule has 2 N–H and O–H groups in total. The number of hydrogen-bond acceptors (Lipinski definition) is 5. The van der Waals surface area contributed by atoms with Crippen molar-refractivity contribution < 1.29 is 22.4 Å². The molecule has 0 aliphatic carbocycles. The molecular weight excluding hydrogens is 463 g/mol. The van der Waals surface area contributed by atoms with Gasteiger partial charge in [-0.25, -0.2) is 22.6 Å². The van der Waals surface area contributed by atoms with Crippen LogP contribution < -0.4 is 10.3 Å². The first kappa shape index (κ1) is 24.0. The Morgan fingerprint density at radius 3 is 2.69 bits per heavy atom. The molecule has 1 atom stereocenters. The second kappa shape index (κ2) is 9.43. The van der Waals surface area contributed by atoms with E-state index >= 15 is 0 Å². The zero-order chi connectivity index (χ0) is 23.6. The largest absolute Gasteiger partial charge is 0.340 e. The Hall–Kier alpha value is -2.70. The summed E-state index contributed by atoms with van der Waals surface area (Å²) in [5.41, 5.74) is 2.48. The van der Waals surface area contributed by atoms with E-state index < -0.39 is 27.3 Å². The molecule has 3 rings (SSSR count). The second-order valence-corrected chi connectivity index (χ2v) is 10.0. The molecule has 1 aliphatic rings. The number of imidazole rings is 1. The van der Waals surface area contributed by atoms with Crippen LogP contribution in [0, 0.1) is 11.7 Å². The maximum absolute atomic E-state index is 14.4. The van der Waals surface area contributed by atoms with E-state index in [-0.39, 0.29) is 22.7 Å². The molecule has 13 heteroatoms. The van der Waals surface area contributed by atoms with Crippen molar-refractivity contribution >= 4 is 33.6 Å². The maximum Gasteiger partial charge on any atom is 0.319 e. The third-order valence-corrected chi connectivity index (χ3v) is 6.59. The molecule has 10 nitrogen and oxygen atoms in total. The highest BCUT2D eigenvalue weighted by Crippen LogP contribution is 2.27. The fraction of sp³-hybridized carbons (Fsp3) is 0.421. The number of hydrazine groups is 1. The summed E-state index contributed by atoms with van der Waals surface area (Å²) in [5.74, 6) is -2.55. The molecular formula is C19H24ClFN6O4S. The summed E-state index contributed by atoms with van der Waals surface area (Å²) in [6.07, 6.45) is 3.72. The van der Waals surface area contributed by atoms with E-state index in [1.165, 1.54) is 23.4 Å². The number of carbonyl (C=O) groups excluding carboxylic acids is 2. The van der Waals surface area contributed by atoms with Crippen LogP contribution >= 0.6 is 11.6 Å². The van der Waals surface area contributed by atoms with Gasteiger partial charge in [0.1, 0.15) is 0 Å². The number of halogens is 2. The molecule has 1 saturated heterocycles. The third-order valence-electron chi connectivity index (χ3n) is 4.99. The van der Waals surface area contributed by atoms with E-state index in [0.29, 0.717) is 30.8 Å². The monoisotopic (exact) mass is 486 g/mol. The van der Waals surface area contributed by atoms with Crippen molar-refractivity contribution in [3.8, 4) is 11.3 Å². The lowest BCUT2D eigenvalue weighted by Crippen LogP contribution is -2.44. The van der Waals surface area contributed by atoms with Crippen LogP contribution in [0.4, 0.5) is 9.18 Å². The van der Waals surface area contributed by atoms with E-state index in [1.54, 1.807) is 36.8 Å². The quantitative estimate of drug-likeness (QED) is 0.599. The maximum atomic E-state index is 14.4. The minimum absolute atomic E-state index is 0.189. The summed E-state index contributed by atoms with van der Waals surface area (Å²) in [6.45, 7) is 0.746. The molecule has 174 valence electrons. The lowest BCUT2D eigenvalue weighted by molar-refractivity contribution is 0.0941. The first-order chi connectivity index (χ1) is 15.0. The predicted octanol–water partition coefficient (Wildman–Crippen LogP) is 1.45. The highest BCUT2D eigenvalue weighted by Gasteiger charge is 2.31. The molecule has 2 aromatic rings. The first-order valence-corrected chi connectivity index (χ1v) is 11.7. The molecule has 1 fully saturated rings. The molecule has 0 radical (unpaired) electrons. The number of nitrogens with one attached hydrogen (secondary N) is 2. The van der Waals surface area contributed by atoms with Crippen molar-refractivity contribution in [3.05, 3.63) is 41.1 Å². The SMILES string of the molecule is CN(C)C(=O)N1CCC(CS(=O)(=O)NNC(=O)c2cc(-c3cn(C)cn3)cc(Cl)c2F)C1. The first-order valence-electron chi connectivity index (χ1n) is 9.70. The van der Waals surface area contributed by atoms with Gasteiger partial charge in [-0.15, -0.1) is 4.83 Å². The second-order valence-electron chi connectivity index (χ2n) is 7.86. The number of aryl methyl sites for hydroxylation is 1. The van der Waals surface area contributed by atoms with Crippen molar-refractivity contribution in [2.75, 3.05) is 32.9 Å². The van der Waals surface area contributed by atoms with Crippen molar-refractivity contribution in [1.82, 2.24) is 29.6 Å². The van der Waals surface area contributed by atoms with Crippen LogP contribution in [-0.2, 0) is 17.1 Å². The van der Waals surface area contributed by atoms with E-state index in [4.69, 9.17) is 11.6 Å². The van der Waals surface area contributed by atoms with Gasteiger partial charge in [0.05, 0.1) is 28.4 Å². The molecule has 0 spiro atoms. The van der Waals surface area contributed by atoms with Crippen LogP contribution in [0.1, 0.15) is 16.8 Å². The number of aromatic nitrogens is 2. The van der Waals surface area contributed by atoms with Gasteiger partial charge in [-0.1, -0.05) is 11.6 Å². The Morgan fingerprint density at radius 2 is 2.06 bits per heavy atom. The minimum atomic E-state index is -3.92. The van der Waals surface area contributed by atoms with Gasteiger partial charge >= 0.3 is 6.03 Å². The van der Waals surface area contributed by atoms with Crippen molar-refractivity contribution in [3.63, 3.8) is 0 Å². The molecule has 3 amide bonds. The summed E-state index contributed by atoms with van der Waals surface area (Å²) in [7, 11) is 1.08. The molecule has 1 aromatic carbocycles. The van der Waals surface area contributed by atoms with E-state index in [0.717, 1.165) is 0 Å². The van der Waals surface area contributed by atoms with E-state index in [1.807, 2.05) is 10.3 Å². The Labute approximate surface area is 190 Å². The summed E-state index contributed by atoms with van der Waals surface area (Å²) in [5, 5.41) is -0.294. The van der Waals surface area contributed by atoms with Crippen molar-refractivity contribution in [1.29, 1.82) is 0 Å². The number of sulfonamides is 1. The fourth-order valence-electron chi connectivity index (χ4n) is 3.43. The van der Waals surface area contributed by atoms with E-state index in [9.17, 15) is 22.4 Å². The number of benzene rings is 1. The summed E-state index contributed by atoms with van der Waals surface area (Å²) >= 11 is 5.92. The van der Waals surface area contributed by atoms with Crippen LogP contribution in [0.25, 0.3) is 11.3 Å². The molecule has 32 heavy (non-hydrogen) atoms. The lowest BCUT2D eigenvalue weighted by atomic mass is 10.1. The predicted molar refractivity (Wildman–Crippen MR) is 117 cm³/mol. The fourth-order valence-corrected chi connectivity index (χ4v) is 4.88. The number of hydrogen-bond donors (Lipinski definition) is 2. The smallest absolute Gasteiger partial charge is 0.319 e. The van der Waals surface area contributed by atoms with Crippen molar-refractivity contribution in [2.24, 2.45) is 13.0 Å². The molecule has 0 bridgehead atoms. The van der Waals surface area contributed by atoms with Crippen LogP contribution in [0.15, 0.2) is 24.7 Å². The van der Waals surface area contributed by atoms with Crippen LogP contribution in [0.5, 0.6) is 0 Å². The lowest BCUT2D eigenvalue weighted by Gasteiger charge is -2.21. The minimum Gasteiger partial charge on any atom is -0.340 e. The highest BCUT2D eigenvalue weighted by atomic mass is 35.5. The molecule has 1 unspecified atom stereocenters. The van der Waals surface area contributed by atoms with Gasteiger partial charge in [-0.3, -0.25) is 10.2 Å². The standard InChI is InChI=1S/C19H24ClFN6O4S/c1-25(2)19(29)27-5-4-12(8-27)10-32(30,31)24-23-18(28)14-6-13(7-15(20)17(14)21)16-9-26(3)11-22-16/h6-7,9,11-12,24H,4-5,8,10H2,1-3H3,(H,23,28). The van der Waals surface area contributed by atoms with Crippen LogP contribution in [-0.4, -0.2) is 72.6 Å². The number of rotatable bonds is 6. The average molecular weight is 487 g/mol. The van der Waals surface area contributed by atoms with Gasteiger partial charge in [-0.2, -0.15) is 0 Å². The van der Waals surface area contributed by atoms with Gasteiger partial charge in [0.15, 0.2) is 5.82 Å². The Kier molecular flexibility index (Phi) is 7.06. The third kappa shape index (κ3) is 5.56. The number of amides is 3. The van der Waals surface area contributed by atoms with Gasteiger partial charge < -0.3 is 14.4 Å². The van der Waals surface area contributed by atoms with Crippen LogP contribution in [0.3, 0.4) is 0 Å². The van der Waals surface area contributed by atoms with Gasteiger partial charge in [0.2, 0.25) is 10.0 Å². The number of likely N-dealkylation sites (tertiary alicyclic amines) is 1. The average Bonchev–Trinajstić information content (AvgIpc) is 3.36. The van der Waals surface area contributed by atoms with E-state index in [2.05, 4.69) is 4.98 Å². The topological polar surface area (TPSA) is 117 Å². The van der Waals surface area contributed by atoms with Gasteiger partial charge in [0.25, 0.3) is 5.91 Å². The van der Waals surface area contributed by atoms with Gasteiger partial charge in [-0.05, 0) is 24.5 Å². The normalized spacial score (nSPS) is 16.3. The summed E-state index contributed by atoms with van der Waals surface area (Å²) < 4.78 is 40.9. The number of urea groups is 1. The Bertz CT molecular complexity index is 1140. The molecule has 1 aromatic heterocycles. The zero-order valence-electron chi connectivity index (χ0n) is 17.8. The van der Waals surface area contributed by atoms with Gasteiger partial charge in [0, 0.05) is 46.0 Å². The number of carbonyl (C=O) groups is 2. The van der Waals surface area contributed by atoms with Crippen LogP contribution in [0.2, 0.25) is 5.02 Å². The number of nitrogens with zero attached hydrogens (tertiary/aromatic N) is 4. The molecule has 2 heterocycles.